The molecule has 7 nitrogen and oxygen atoms in total. The normalized spacial score (nSPS) is 10.8. The number of hydrogen-bond donors (Lipinski definition) is 0. The first-order valence-electron chi connectivity index (χ1n) is 9.11. The Kier molecular flexibility index (Phi) is 4.87. The van der Waals surface area contributed by atoms with Crippen LogP contribution in [-0.4, -0.2) is 44.7 Å². The summed E-state index contributed by atoms with van der Waals surface area (Å²) in [5.74, 6) is -0.0739. The van der Waals surface area contributed by atoms with Gasteiger partial charge in [0.1, 0.15) is 11.2 Å². The third-order valence-electron chi connectivity index (χ3n) is 4.61. The van der Waals surface area contributed by atoms with Crippen molar-refractivity contribution in [3.63, 3.8) is 0 Å². The minimum atomic E-state index is -0.201. The van der Waals surface area contributed by atoms with Gasteiger partial charge in [-0.05, 0) is 42.0 Å². The monoisotopic (exact) mass is 385 g/mol. The van der Waals surface area contributed by atoms with E-state index in [0.717, 1.165) is 11.1 Å². The van der Waals surface area contributed by atoms with Gasteiger partial charge >= 0.3 is 0 Å². The van der Waals surface area contributed by atoms with Crippen molar-refractivity contribution in [3.05, 3.63) is 88.6 Å². The van der Waals surface area contributed by atoms with Crippen LogP contribution in [0.3, 0.4) is 0 Å². The fraction of sp³-hybridized carbons (Fsp3) is 0.136. The Labute approximate surface area is 167 Å². The molecule has 29 heavy (non-hydrogen) atoms. The molecule has 3 aromatic heterocycles. The minimum Gasteiger partial charge on any atom is -0.345 e. The maximum Gasteiger partial charge on any atom is 0.276 e. The number of nitrogens with zero attached hydrogens (tertiary/aromatic N) is 5. The van der Waals surface area contributed by atoms with Gasteiger partial charge < -0.3 is 4.90 Å². The topological polar surface area (TPSA) is 81.0 Å². The van der Waals surface area contributed by atoms with Gasteiger partial charge in [-0.1, -0.05) is 12.1 Å². The third-order valence-corrected chi connectivity index (χ3v) is 4.61. The second-order valence-electron chi connectivity index (χ2n) is 6.84. The summed E-state index contributed by atoms with van der Waals surface area (Å²) < 4.78 is 1.44. The number of rotatable bonds is 4. The molecule has 0 aliphatic rings. The van der Waals surface area contributed by atoms with Gasteiger partial charge in [0.05, 0.1) is 11.9 Å². The van der Waals surface area contributed by atoms with Crippen LogP contribution in [0.4, 0.5) is 0 Å². The van der Waals surface area contributed by atoms with Gasteiger partial charge in [-0.2, -0.15) is 5.10 Å². The van der Waals surface area contributed by atoms with Crippen LogP contribution in [0.1, 0.15) is 15.9 Å². The van der Waals surface area contributed by atoms with E-state index in [-0.39, 0.29) is 11.5 Å². The summed E-state index contributed by atoms with van der Waals surface area (Å²) in [5, 5.41) is 5.10. The van der Waals surface area contributed by atoms with Crippen molar-refractivity contribution in [3.8, 4) is 11.3 Å². The van der Waals surface area contributed by atoms with Gasteiger partial charge in [-0.3, -0.25) is 19.6 Å². The molecule has 0 spiro atoms. The number of carbonyl (C=O) groups is 1. The van der Waals surface area contributed by atoms with E-state index in [1.165, 1.54) is 9.58 Å². The zero-order valence-electron chi connectivity index (χ0n) is 16.1. The van der Waals surface area contributed by atoms with Crippen LogP contribution in [0, 0.1) is 0 Å². The summed E-state index contributed by atoms with van der Waals surface area (Å²) in [5.41, 5.74) is 3.23. The lowest BCUT2D eigenvalue weighted by Gasteiger charge is -2.12. The van der Waals surface area contributed by atoms with E-state index in [1.807, 2.05) is 24.3 Å². The highest BCUT2D eigenvalue weighted by Gasteiger charge is 2.15. The molecule has 1 amide bonds. The smallest absolute Gasteiger partial charge is 0.276 e. The molecular weight excluding hydrogens is 366 g/mol. The molecule has 0 aliphatic carbocycles. The molecule has 144 valence electrons. The number of hydrogen-bond acceptors (Lipinski definition) is 5. The van der Waals surface area contributed by atoms with E-state index in [1.54, 1.807) is 57.0 Å². The average Bonchev–Trinajstić information content (AvgIpc) is 2.76. The maximum atomic E-state index is 12.9. The summed E-state index contributed by atoms with van der Waals surface area (Å²) in [6.45, 7) is 0.330. The SMILES string of the molecule is CN(C)C(=O)c1ccc(-c2nn(Cc3ccncc3)c(=O)c3cccnc23)cc1. The summed E-state index contributed by atoms with van der Waals surface area (Å²) in [6.07, 6.45) is 5.01. The van der Waals surface area contributed by atoms with E-state index in [4.69, 9.17) is 0 Å². The summed E-state index contributed by atoms with van der Waals surface area (Å²) >= 11 is 0. The molecule has 4 rings (SSSR count). The highest BCUT2D eigenvalue weighted by molar-refractivity contribution is 5.95. The van der Waals surface area contributed by atoms with E-state index < -0.39 is 0 Å². The molecule has 0 aliphatic heterocycles. The molecule has 7 heteroatoms. The highest BCUT2D eigenvalue weighted by atomic mass is 16.2. The van der Waals surface area contributed by atoms with Gasteiger partial charge in [0, 0.05) is 43.8 Å². The van der Waals surface area contributed by atoms with Crippen molar-refractivity contribution in [2.45, 2.75) is 6.54 Å². The molecule has 0 radical (unpaired) electrons. The number of carbonyl (C=O) groups excluding carboxylic acids is 1. The van der Waals surface area contributed by atoms with Crippen molar-refractivity contribution in [2.75, 3.05) is 14.1 Å². The fourth-order valence-electron chi connectivity index (χ4n) is 3.11. The first kappa shape index (κ1) is 18.5. The van der Waals surface area contributed by atoms with E-state index in [2.05, 4.69) is 15.1 Å². The molecular formula is C22H19N5O2. The first-order valence-corrected chi connectivity index (χ1v) is 9.11. The summed E-state index contributed by atoms with van der Waals surface area (Å²) in [7, 11) is 3.43. The van der Waals surface area contributed by atoms with E-state index in [9.17, 15) is 9.59 Å². The lowest BCUT2D eigenvalue weighted by atomic mass is 10.1. The molecule has 3 heterocycles. The molecule has 1 aromatic carbocycles. The highest BCUT2D eigenvalue weighted by Crippen LogP contribution is 2.23. The Morgan fingerprint density at radius 2 is 1.72 bits per heavy atom. The summed E-state index contributed by atoms with van der Waals surface area (Å²) in [6, 6.07) is 14.4. The van der Waals surface area contributed by atoms with Gasteiger partial charge in [0.2, 0.25) is 0 Å². The first-order chi connectivity index (χ1) is 14.0. The van der Waals surface area contributed by atoms with Crippen molar-refractivity contribution in [1.82, 2.24) is 24.6 Å². The van der Waals surface area contributed by atoms with Crippen LogP contribution in [0.5, 0.6) is 0 Å². The molecule has 0 unspecified atom stereocenters. The number of aromatic nitrogens is 4. The number of pyridine rings is 2. The quantitative estimate of drug-likeness (QED) is 0.539. The Balaban J connectivity index is 1.84. The van der Waals surface area contributed by atoms with Crippen LogP contribution in [0.15, 0.2) is 71.9 Å². The standard InChI is InChI=1S/C22H19N5O2/c1-26(2)21(28)17-7-5-16(6-8-17)19-20-18(4-3-11-24-20)22(29)27(25-19)14-15-9-12-23-13-10-15/h3-13H,14H2,1-2H3. The fourth-order valence-corrected chi connectivity index (χ4v) is 3.11. The van der Waals surface area contributed by atoms with Crippen LogP contribution in [-0.2, 0) is 6.54 Å². The lowest BCUT2D eigenvalue weighted by Crippen LogP contribution is -2.24. The summed E-state index contributed by atoms with van der Waals surface area (Å²) in [4.78, 5) is 35.0. The largest absolute Gasteiger partial charge is 0.345 e. The molecule has 0 fully saturated rings. The van der Waals surface area contributed by atoms with Crippen molar-refractivity contribution in [2.24, 2.45) is 0 Å². The molecule has 0 saturated carbocycles. The molecule has 0 saturated heterocycles. The predicted octanol–water partition coefficient (Wildman–Crippen LogP) is 2.60. The predicted molar refractivity (Wildman–Crippen MR) is 111 cm³/mol. The van der Waals surface area contributed by atoms with Crippen LogP contribution < -0.4 is 5.56 Å². The van der Waals surface area contributed by atoms with E-state index >= 15 is 0 Å². The molecule has 0 atom stereocenters. The molecule has 4 aromatic rings. The Morgan fingerprint density at radius 3 is 2.41 bits per heavy atom. The van der Waals surface area contributed by atoms with Crippen LogP contribution in [0.2, 0.25) is 0 Å². The van der Waals surface area contributed by atoms with Crippen LogP contribution in [0.25, 0.3) is 22.2 Å². The van der Waals surface area contributed by atoms with Crippen LogP contribution >= 0.6 is 0 Å². The zero-order valence-corrected chi connectivity index (χ0v) is 16.1. The second-order valence-corrected chi connectivity index (χ2v) is 6.84. The number of fused-ring (bicyclic) bond motifs is 1. The number of benzene rings is 1. The Morgan fingerprint density at radius 1 is 1.00 bits per heavy atom. The van der Waals surface area contributed by atoms with Gasteiger partial charge in [0.25, 0.3) is 11.5 Å². The van der Waals surface area contributed by atoms with Crippen molar-refractivity contribution in [1.29, 1.82) is 0 Å². The second kappa shape index (κ2) is 7.63. The average molecular weight is 385 g/mol. The number of amides is 1. The molecule has 0 N–H and O–H groups in total. The minimum absolute atomic E-state index is 0.0739. The van der Waals surface area contributed by atoms with Gasteiger partial charge in [0.15, 0.2) is 0 Å². The Bertz CT molecular complexity index is 1230. The zero-order chi connectivity index (χ0) is 20.4. The van der Waals surface area contributed by atoms with Crippen molar-refractivity contribution >= 4 is 16.8 Å². The van der Waals surface area contributed by atoms with E-state index in [0.29, 0.717) is 28.7 Å². The van der Waals surface area contributed by atoms with Gasteiger partial charge in [-0.25, -0.2) is 4.68 Å². The van der Waals surface area contributed by atoms with Gasteiger partial charge in [-0.15, -0.1) is 0 Å². The Hall–Kier alpha value is -3.87. The van der Waals surface area contributed by atoms with Crippen molar-refractivity contribution < 1.29 is 4.79 Å². The maximum absolute atomic E-state index is 12.9. The third kappa shape index (κ3) is 3.62. The lowest BCUT2D eigenvalue weighted by molar-refractivity contribution is 0.0827. The molecule has 0 bridgehead atoms.